The molecule has 0 aliphatic heterocycles. The van der Waals surface area contributed by atoms with E-state index in [1.54, 1.807) is 0 Å². The van der Waals surface area contributed by atoms with Crippen LogP contribution in [0.2, 0.25) is 0 Å². The summed E-state index contributed by atoms with van der Waals surface area (Å²) in [5, 5.41) is 5.03. The van der Waals surface area contributed by atoms with Gasteiger partial charge in [-0.2, -0.15) is 0 Å². The van der Waals surface area contributed by atoms with Crippen molar-refractivity contribution in [1.82, 2.24) is 10.6 Å². The van der Waals surface area contributed by atoms with E-state index in [1.165, 1.54) is 6.07 Å². The number of rotatable bonds is 7. The van der Waals surface area contributed by atoms with Crippen LogP contribution >= 0.6 is 0 Å². The minimum atomic E-state index is -0.729. The van der Waals surface area contributed by atoms with E-state index in [9.17, 15) is 18.4 Å². The largest absolute Gasteiger partial charge is 0.359 e. The molecule has 2 N–H and O–H groups in total. The van der Waals surface area contributed by atoms with Crippen molar-refractivity contribution in [1.29, 1.82) is 0 Å². The molecule has 2 amide bonds. The fraction of sp³-hybridized carbons (Fsp3) is 0.333. The molecule has 0 atom stereocenters. The van der Waals surface area contributed by atoms with E-state index in [4.69, 9.17) is 0 Å². The van der Waals surface area contributed by atoms with Crippen LogP contribution in [0.1, 0.15) is 12.0 Å². The lowest BCUT2D eigenvalue weighted by molar-refractivity contribution is -0.120. The quantitative estimate of drug-likeness (QED) is 0.559. The molecule has 18 heavy (non-hydrogen) atoms. The molecule has 1 aromatic carbocycles. The zero-order valence-electron chi connectivity index (χ0n) is 9.71. The summed E-state index contributed by atoms with van der Waals surface area (Å²) in [5.41, 5.74) is 0.153. The van der Waals surface area contributed by atoms with Crippen molar-refractivity contribution in [3.8, 4) is 0 Å². The van der Waals surface area contributed by atoms with Gasteiger partial charge in [0.1, 0.15) is 11.6 Å². The predicted octanol–water partition coefficient (Wildman–Crippen LogP) is 0.760. The number of carbonyl (C=O) groups is 2. The van der Waals surface area contributed by atoms with E-state index in [1.807, 2.05) is 0 Å². The maximum absolute atomic E-state index is 13.2. The second-order valence-corrected chi connectivity index (χ2v) is 3.69. The highest BCUT2D eigenvalue weighted by molar-refractivity contribution is 5.78. The van der Waals surface area contributed by atoms with Gasteiger partial charge in [0.15, 0.2) is 0 Å². The van der Waals surface area contributed by atoms with Crippen LogP contribution in [0.4, 0.5) is 8.78 Å². The van der Waals surface area contributed by atoms with Crippen LogP contribution in [-0.2, 0) is 16.0 Å². The normalized spacial score (nSPS) is 9.89. The Morgan fingerprint density at radius 1 is 1.28 bits per heavy atom. The number of carbonyl (C=O) groups excluding carboxylic acids is 2. The van der Waals surface area contributed by atoms with Gasteiger partial charge in [0.05, 0.1) is 6.42 Å². The van der Waals surface area contributed by atoms with Gasteiger partial charge in [-0.15, -0.1) is 0 Å². The maximum Gasteiger partial charge on any atom is 0.224 e. The minimum Gasteiger partial charge on any atom is -0.359 e. The Balaban J connectivity index is 2.33. The molecule has 0 saturated heterocycles. The van der Waals surface area contributed by atoms with E-state index in [0.717, 1.165) is 12.1 Å². The van der Waals surface area contributed by atoms with Gasteiger partial charge >= 0.3 is 0 Å². The Morgan fingerprint density at radius 2 is 2.06 bits per heavy atom. The lowest BCUT2D eigenvalue weighted by atomic mass is 10.1. The first-order valence-corrected chi connectivity index (χ1v) is 5.51. The third-order valence-corrected chi connectivity index (χ3v) is 2.27. The van der Waals surface area contributed by atoms with Crippen molar-refractivity contribution in [2.45, 2.75) is 12.8 Å². The number of benzene rings is 1. The van der Waals surface area contributed by atoms with Gasteiger partial charge < -0.3 is 10.6 Å². The third kappa shape index (κ3) is 4.90. The average Bonchev–Trinajstić information content (AvgIpc) is 2.32. The number of hydrogen-bond acceptors (Lipinski definition) is 2. The zero-order valence-corrected chi connectivity index (χ0v) is 9.71. The summed E-state index contributed by atoms with van der Waals surface area (Å²) >= 11 is 0. The summed E-state index contributed by atoms with van der Waals surface area (Å²) in [6.45, 7) is 0.858. The predicted molar refractivity (Wildman–Crippen MR) is 61.8 cm³/mol. The Kier molecular flexibility index (Phi) is 5.76. The molecule has 1 aromatic rings. The Hall–Kier alpha value is -1.98. The number of hydrogen-bond donors (Lipinski definition) is 2. The SMILES string of the molecule is O=CNCCCNC(=O)Cc1ccc(F)cc1F. The summed E-state index contributed by atoms with van der Waals surface area (Å²) in [6.07, 6.45) is 1.04. The van der Waals surface area contributed by atoms with Crippen molar-refractivity contribution in [3.05, 3.63) is 35.4 Å². The zero-order chi connectivity index (χ0) is 13.4. The summed E-state index contributed by atoms with van der Waals surface area (Å²) in [5.74, 6) is -1.74. The van der Waals surface area contributed by atoms with Crippen molar-refractivity contribution < 1.29 is 18.4 Å². The Morgan fingerprint density at radius 3 is 2.72 bits per heavy atom. The Bertz CT molecular complexity index is 425. The fourth-order valence-corrected chi connectivity index (χ4v) is 1.38. The first kappa shape index (κ1) is 14.1. The second kappa shape index (κ2) is 7.37. The lowest BCUT2D eigenvalue weighted by Crippen LogP contribution is -2.28. The standard InChI is InChI=1S/C12H14F2N2O2/c13-10-3-2-9(11(14)7-10)6-12(18)16-5-1-4-15-8-17/h2-3,7-8H,1,4-6H2,(H,15,17)(H,16,18). The molecule has 0 heterocycles. The molecule has 98 valence electrons. The number of nitrogens with one attached hydrogen (secondary N) is 2. The second-order valence-electron chi connectivity index (χ2n) is 3.69. The van der Waals surface area contributed by atoms with Gasteiger partial charge in [0.25, 0.3) is 0 Å². The van der Waals surface area contributed by atoms with E-state index in [2.05, 4.69) is 10.6 Å². The van der Waals surface area contributed by atoms with Crippen LogP contribution in [-0.4, -0.2) is 25.4 Å². The van der Waals surface area contributed by atoms with Crippen LogP contribution in [0.25, 0.3) is 0 Å². The van der Waals surface area contributed by atoms with Gasteiger partial charge in [0.2, 0.25) is 12.3 Å². The number of amides is 2. The maximum atomic E-state index is 13.2. The average molecular weight is 256 g/mol. The molecule has 0 radical (unpaired) electrons. The summed E-state index contributed by atoms with van der Waals surface area (Å²) in [6, 6.07) is 3.11. The molecule has 0 bridgehead atoms. The van der Waals surface area contributed by atoms with E-state index >= 15 is 0 Å². The molecule has 0 aliphatic rings. The van der Waals surface area contributed by atoms with Crippen LogP contribution in [0.15, 0.2) is 18.2 Å². The molecule has 0 spiro atoms. The summed E-state index contributed by atoms with van der Waals surface area (Å²) in [7, 11) is 0. The lowest BCUT2D eigenvalue weighted by Gasteiger charge is -2.06. The van der Waals surface area contributed by atoms with E-state index in [-0.39, 0.29) is 17.9 Å². The molecule has 4 nitrogen and oxygen atoms in total. The fourth-order valence-electron chi connectivity index (χ4n) is 1.38. The third-order valence-electron chi connectivity index (χ3n) is 2.27. The molecule has 0 saturated carbocycles. The molecule has 1 rings (SSSR count). The molecule has 0 unspecified atom stereocenters. The molecule has 0 fully saturated rings. The monoisotopic (exact) mass is 256 g/mol. The molecule has 0 aromatic heterocycles. The highest BCUT2D eigenvalue weighted by atomic mass is 19.1. The highest BCUT2D eigenvalue weighted by Crippen LogP contribution is 2.09. The molecular formula is C12H14F2N2O2. The van der Waals surface area contributed by atoms with Crippen molar-refractivity contribution >= 4 is 12.3 Å². The first-order valence-electron chi connectivity index (χ1n) is 5.51. The Labute approximate surface area is 103 Å². The van der Waals surface area contributed by atoms with Crippen LogP contribution < -0.4 is 10.6 Å². The summed E-state index contributed by atoms with van der Waals surface area (Å²) in [4.78, 5) is 21.4. The van der Waals surface area contributed by atoms with Crippen LogP contribution in [0.5, 0.6) is 0 Å². The van der Waals surface area contributed by atoms with Gasteiger partial charge in [-0.1, -0.05) is 6.07 Å². The van der Waals surface area contributed by atoms with Gasteiger partial charge in [-0.3, -0.25) is 9.59 Å². The summed E-state index contributed by atoms with van der Waals surface area (Å²) < 4.78 is 25.9. The van der Waals surface area contributed by atoms with Gasteiger partial charge in [-0.25, -0.2) is 8.78 Å². The minimum absolute atomic E-state index is 0.132. The van der Waals surface area contributed by atoms with Crippen LogP contribution in [0.3, 0.4) is 0 Å². The first-order chi connectivity index (χ1) is 8.63. The van der Waals surface area contributed by atoms with Crippen molar-refractivity contribution in [3.63, 3.8) is 0 Å². The van der Waals surface area contributed by atoms with Gasteiger partial charge in [-0.05, 0) is 18.1 Å². The van der Waals surface area contributed by atoms with E-state index in [0.29, 0.717) is 25.9 Å². The topological polar surface area (TPSA) is 58.2 Å². The van der Waals surface area contributed by atoms with Crippen molar-refractivity contribution in [2.24, 2.45) is 0 Å². The molecule has 6 heteroatoms. The van der Waals surface area contributed by atoms with Crippen LogP contribution in [0, 0.1) is 11.6 Å². The smallest absolute Gasteiger partial charge is 0.224 e. The molecular weight excluding hydrogens is 242 g/mol. The number of halogens is 2. The molecule has 0 aliphatic carbocycles. The van der Waals surface area contributed by atoms with Crippen molar-refractivity contribution in [2.75, 3.05) is 13.1 Å². The van der Waals surface area contributed by atoms with E-state index < -0.39 is 11.6 Å². The highest BCUT2D eigenvalue weighted by Gasteiger charge is 2.08. The van der Waals surface area contributed by atoms with Gasteiger partial charge in [0, 0.05) is 19.2 Å².